The molecule has 0 bridgehead atoms. The van der Waals surface area contributed by atoms with Crippen molar-refractivity contribution in [2.45, 2.75) is 19.4 Å². The Kier molecular flexibility index (Phi) is 9.10. The summed E-state index contributed by atoms with van der Waals surface area (Å²) in [5, 5.41) is 2.75. The molecule has 8 nitrogen and oxygen atoms in total. The molecule has 0 aliphatic rings. The maximum atomic E-state index is 12.1. The third-order valence-corrected chi connectivity index (χ3v) is 4.19. The van der Waals surface area contributed by atoms with E-state index in [0.717, 1.165) is 5.56 Å². The molecule has 1 unspecified atom stereocenters. The van der Waals surface area contributed by atoms with Crippen LogP contribution in [0.1, 0.15) is 18.1 Å². The minimum Gasteiger partial charge on any atom is -0.493 e. The van der Waals surface area contributed by atoms with Crippen molar-refractivity contribution < 1.29 is 28.6 Å². The molecule has 0 radical (unpaired) electrons. The van der Waals surface area contributed by atoms with Gasteiger partial charge in [-0.25, -0.2) is 4.79 Å². The molecule has 0 saturated carbocycles. The zero-order valence-corrected chi connectivity index (χ0v) is 17.5. The highest BCUT2D eigenvalue weighted by Crippen LogP contribution is 2.28. The van der Waals surface area contributed by atoms with Crippen LogP contribution in [0.4, 0.5) is 0 Å². The van der Waals surface area contributed by atoms with Gasteiger partial charge in [0.2, 0.25) is 0 Å². The molecule has 3 N–H and O–H groups in total. The zero-order valence-electron chi connectivity index (χ0n) is 17.5. The number of nitrogens with two attached hydrogens (primary N) is 1. The van der Waals surface area contributed by atoms with Gasteiger partial charge in [-0.05, 0) is 42.7 Å². The minimum atomic E-state index is -0.924. The minimum absolute atomic E-state index is 0.275. The smallest absolute Gasteiger partial charge is 0.331 e. The quantitative estimate of drug-likeness (QED) is 0.418. The standard InChI is InChI=1S/C23H26N2O6/c1-16(23(28)25-13-12-17-6-4-3-5-7-17)31-22(27)11-9-18-8-10-19(20(14-18)29-2)30-15-21(24)26/h3-11,14,16H,12-13,15H2,1-2H3,(H2,24,26)(H,25,28)/b11-9+. The van der Waals surface area contributed by atoms with Crippen molar-refractivity contribution in [1.29, 1.82) is 0 Å². The first-order valence-electron chi connectivity index (χ1n) is 9.68. The maximum absolute atomic E-state index is 12.1. The molecule has 0 aliphatic carbocycles. The Morgan fingerprint density at radius 3 is 2.52 bits per heavy atom. The molecule has 0 saturated heterocycles. The summed E-state index contributed by atoms with van der Waals surface area (Å²) in [5.74, 6) is -0.897. The van der Waals surface area contributed by atoms with E-state index in [0.29, 0.717) is 30.0 Å². The number of carbonyl (C=O) groups is 3. The van der Waals surface area contributed by atoms with Gasteiger partial charge in [-0.3, -0.25) is 9.59 Å². The Morgan fingerprint density at radius 1 is 1.10 bits per heavy atom. The van der Waals surface area contributed by atoms with E-state index in [1.807, 2.05) is 30.3 Å². The predicted molar refractivity (Wildman–Crippen MR) is 115 cm³/mol. The second kappa shape index (κ2) is 12.0. The summed E-state index contributed by atoms with van der Waals surface area (Å²) in [4.78, 5) is 35.0. The lowest BCUT2D eigenvalue weighted by Crippen LogP contribution is -2.36. The topological polar surface area (TPSA) is 117 Å². The number of ether oxygens (including phenoxy) is 3. The summed E-state index contributed by atoms with van der Waals surface area (Å²) in [5.41, 5.74) is 6.81. The van der Waals surface area contributed by atoms with Gasteiger partial charge >= 0.3 is 5.97 Å². The van der Waals surface area contributed by atoms with Crippen molar-refractivity contribution in [3.63, 3.8) is 0 Å². The van der Waals surface area contributed by atoms with Crippen molar-refractivity contribution in [2.24, 2.45) is 5.73 Å². The number of esters is 1. The first-order valence-corrected chi connectivity index (χ1v) is 9.68. The summed E-state index contributed by atoms with van der Waals surface area (Å²) in [6.07, 6.45) is 2.50. The Labute approximate surface area is 181 Å². The monoisotopic (exact) mass is 426 g/mol. The van der Waals surface area contributed by atoms with Crippen molar-refractivity contribution >= 4 is 23.9 Å². The molecule has 0 aromatic heterocycles. The van der Waals surface area contributed by atoms with Crippen molar-refractivity contribution in [1.82, 2.24) is 5.32 Å². The van der Waals surface area contributed by atoms with Crippen LogP contribution in [0, 0.1) is 0 Å². The van der Waals surface area contributed by atoms with Crippen LogP contribution in [0.5, 0.6) is 11.5 Å². The average Bonchev–Trinajstić information content (AvgIpc) is 2.77. The molecule has 31 heavy (non-hydrogen) atoms. The summed E-state index contributed by atoms with van der Waals surface area (Å²) in [7, 11) is 1.45. The highest BCUT2D eigenvalue weighted by Gasteiger charge is 2.16. The number of methoxy groups -OCH3 is 1. The van der Waals surface area contributed by atoms with Crippen molar-refractivity contribution in [2.75, 3.05) is 20.3 Å². The lowest BCUT2D eigenvalue weighted by atomic mass is 10.1. The molecule has 0 spiro atoms. The fourth-order valence-electron chi connectivity index (χ4n) is 2.61. The maximum Gasteiger partial charge on any atom is 0.331 e. The van der Waals surface area contributed by atoms with Crippen LogP contribution < -0.4 is 20.5 Å². The van der Waals surface area contributed by atoms with Gasteiger partial charge in [0.25, 0.3) is 11.8 Å². The number of rotatable bonds is 11. The number of nitrogens with one attached hydrogen (secondary N) is 1. The van der Waals surface area contributed by atoms with E-state index in [2.05, 4.69) is 5.32 Å². The van der Waals surface area contributed by atoms with Crippen molar-refractivity contribution in [3.05, 3.63) is 65.7 Å². The SMILES string of the molecule is COc1cc(/C=C/C(=O)OC(C)C(=O)NCCc2ccccc2)ccc1OCC(N)=O. The summed E-state index contributed by atoms with van der Waals surface area (Å²) in [6, 6.07) is 14.6. The number of hydrogen-bond acceptors (Lipinski definition) is 6. The number of benzene rings is 2. The molecule has 0 heterocycles. The van der Waals surface area contributed by atoms with Gasteiger partial charge in [0.15, 0.2) is 24.2 Å². The second-order valence-electron chi connectivity index (χ2n) is 6.60. The molecular weight excluding hydrogens is 400 g/mol. The van der Waals surface area contributed by atoms with Gasteiger partial charge in [-0.2, -0.15) is 0 Å². The first kappa shape index (κ1) is 23.5. The van der Waals surface area contributed by atoms with Gasteiger partial charge in [0, 0.05) is 12.6 Å². The molecule has 0 aliphatic heterocycles. The predicted octanol–water partition coefficient (Wildman–Crippen LogP) is 1.86. The van der Waals surface area contributed by atoms with Crippen LogP contribution in [-0.2, 0) is 25.5 Å². The van der Waals surface area contributed by atoms with Gasteiger partial charge in [0.05, 0.1) is 7.11 Å². The van der Waals surface area contributed by atoms with E-state index in [9.17, 15) is 14.4 Å². The van der Waals surface area contributed by atoms with Crippen molar-refractivity contribution in [3.8, 4) is 11.5 Å². The molecule has 1 atom stereocenters. The summed E-state index contributed by atoms with van der Waals surface area (Å²) >= 11 is 0. The van der Waals surface area contributed by atoms with Crippen LogP contribution in [-0.4, -0.2) is 44.1 Å². The van der Waals surface area contributed by atoms with Crippen LogP contribution in [0.3, 0.4) is 0 Å². The Bertz CT molecular complexity index is 927. The molecule has 8 heteroatoms. The van der Waals surface area contributed by atoms with Gasteiger partial charge in [-0.15, -0.1) is 0 Å². The highest BCUT2D eigenvalue weighted by molar-refractivity contribution is 5.90. The first-order chi connectivity index (χ1) is 14.9. The number of carbonyl (C=O) groups excluding carboxylic acids is 3. The van der Waals surface area contributed by atoms with Crippen LogP contribution in [0.25, 0.3) is 6.08 Å². The van der Waals surface area contributed by atoms with Crippen LogP contribution >= 0.6 is 0 Å². The van der Waals surface area contributed by atoms with Gasteiger partial charge in [0.1, 0.15) is 0 Å². The molecule has 2 aromatic rings. The molecular formula is C23H26N2O6. The zero-order chi connectivity index (χ0) is 22.6. The fraction of sp³-hybridized carbons (Fsp3) is 0.261. The van der Waals surface area contributed by atoms with E-state index >= 15 is 0 Å². The molecule has 2 rings (SSSR count). The molecule has 164 valence electrons. The van der Waals surface area contributed by atoms with Gasteiger partial charge in [-0.1, -0.05) is 36.4 Å². The normalized spacial score (nSPS) is 11.5. The van der Waals surface area contributed by atoms with E-state index in [1.54, 1.807) is 18.2 Å². The fourth-order valence-corrected chi connectivity index (χ4v) is 2.61. The van der Waals surface area contributed by atoms with E-state index in [1.165, 1.54) is 26.2 Å². The Balaban J connectivity index is 1.83. The van der Waals surface area contributed by atoms with Crippen LogP contribution in [0.15, 0.2) is 54.6 Å². The molecule has 2 amide bonds. The van der Waals surface area contributed by atoms with Gasteiger partial charge < -0.3 is 25.3 Å². The average molecular weight is 426 g/mol. The highest BCUT2D eigenvalue weighted by atomic mass is 16.5. The largest absolute Gasteiger partial charge is 0.493 e. The van der Waals surface area contributed by atoms with Crippen LogP contribution in [0.2, 0.25) is 0 Å². The number of primary amides is 1. The third kappa shape index (κ3) is 8.22. The molecule has 2 aromatic carbocycles. The number of hydrogen-bond donors (Lipinski definition) is 2. The van der Waals surface area contributed by atoms with E-state index in [-0.39, 0.29) is 12.5 Å². The number of amides is 2. The Hall–Kier alpha value is -3.81. The summed E-state index contributed by atoms with van der Waals surface area (Å²) in [6.45, 7) is 1.69. The van der Waals surface area contributed by atoms with E-state index in [4.69, 9.17) is 19.9 Å². The lowest BCUT2D eigenvalue weighted by Gasteiger charge is -2.12. The lowest BCUT2D eigenvalue weighted by molar-refractivity contribution is -0.150. The second-order valence-corrected chi connectivity index (χ2v) is 6.60. The molecule has 0 fully saturated rings. The summed E-state index contributed by atoms with van der Waals surface area (Å²) < 4.78 is 15.6. The van der Waals surface area contributed by atoms with E-state index < -0.39 is 18.0 Å². The third-order valence-electron chi connectivity index (χ3n) is 4.19. The Morgan fingerprint density at radius 2 is 1.84 bits per heavy atom.